The number of sulfone groups is 1. The highest BCUT2D eigenvalue weighted by Gasteiger charge is 2.26. The molecule has 0 aromatic carbocycles. The molecule has 0 saturated heterocycles. The van der Waals surface area contributed by atoms with Crippen LogP contribution in [-0.2, 0) is 9.84 Å². The van der Waals surface area contributed by atoms with Gasteiger partial charge in [0.1, 0.15) is 0 Å². The van der Waals surface area contributed by atoms with Crippen LogP contribution in [0.4, 0.5) is 0 Å². The van der Waals surface area contributed by atoms with Crippen molar-refractivity contribution in [3.05, 3.63) is 55.2 Å². The van der Waals surface area contributed by atoms with Crippen LogP contribution in [0.5, 0.6) is 0 Å². The van der Waals surface area contributed by atoms with E-state index in [4.69, 9.17) is 11.6 Å². The average Bonchev–Trinajstić information content (AvgIpc) is 3.08. The van der Waals surface area contributed by atoms with E-state index in [-0.39, 0.29) is 17.8 Å². The highest BCUT2D eigenvalue weighted by molar-refractivity contribution is 7.94. The van der Waals surface area contributed by atoms with Crippen LogP contribution in [0.25, 0.3) is 0 Å². The molecule has 2 unspecified atom stereocenters. The van der Waals surface area contributed by atoms with Gasteiger partial charge >= 0.3 is 0 Å². The zero-order chi connectivity index (χ0) is 14.2. The van der Waals surface area contributed by atoms with Gasteiger partial charge in [-0.2, -0.15) is 0 Å². The van der Waals surface area contributed by atoms with Crippen LogP contribution in [0.2, 0.25) is 4.34 Å². The number of halogens is 1. The summed E-state index contributed by atoms with van der Waals surface area (Å²) in [6, 6.07) is 7.71. The topological polar surface area (TPSA) is 46.2 Å². The number of hydrogen-bond acceptors (Lipinski definition) is 5. The van der Waals surface area contributed by atoms with Crippen LogP contribution in [0, 0.1) is 0 Å². The van der Waals surface area contributed by atoms with Gasteiger partial charge in [0.2, 0.25) is 0 Å². The Bertz CT molecular complexity index is 719. The van der Waals surface area contributed by atoms with Crippen molar-refractivity contribution in [2.75, 3.05) is 5.75 Å². The average molecular weight is 346 g/mol. The molecular formula is C13H12ClNO2S3. The lowest BCUT2D eigenvalue weighted by molar-refractivity contribution is 0.565. The molecule has 3 heterocycles. The highest BCUT2D eigenvalue weighted by Crippen LogP contribution is 2.33. The molecule has 106 valence electrons. The first-order valence-corrected chi connectivity index (χ1v) is 9.78. The Balaban J connectivity index is 1.86. The molecule has 0 spiro atoms. The largest absolute Gasteiger partial charge is 0.298 e. The van der Waals surface area contributed by atoms with Gasteiger partial charge in [0.05, 0.1) is 16.1 Å². The van der Waals surface area contributed by atoms with Crippen LogP contribution in [0.3, 0.4) is 0 Å². The zero-order valence-electron chi connectivity index (χ0n) is 10.3. The summed E-state index contributed by atoms with van der Waals surface area (Å²) in [7, 11) is -3.05. The molecule has 2 aromatic heterocycles. The molecule has 20 heavy (non-hydrogen) atoms. The molecule has 2 aromatic rings. The monoisotopic (exact) mass is 345 g/mol. The summed E-state index contributed by atoms with van der Waals surface area (Å²) in [4.78, 5) is 2.25. The lowest BCUT2D eigenvalue weighted by Crippen LogP contribution is -2.33. The first-order chi connectivity index (χ1) is 9.53. The molecule has 3 nitrogen and oxygen atoms in total. The smallest absolute Gasteiger partial charge is 0.173 e. The van der Waals surface area contributed by atoms with Crippen LogP contribution in [-0.4, -0.2) is 20.2 Å². The van der Waals surface area contributed by atoms with E-state index in [2.05, 4.69) is 5.32 Å². The second-order valence-electron chi connectivity index (χ2n) is 4.52. The van der Waals surface area contributed by atoms with Crippen LogP contribution in [0.1, 0.15) is 15.8 Å². The van der Waals surface area contributed by atoms with Gasteiger partial charge in [0.25, 0.3) is 0 Å². The Kier molecular flexibility index (Phi) is 4.01. The Morgan fingerprint density at radius 1 is 1.30 bits per heavy atom. The molecule has 0 radical (unpaired) electrons. The summed E-state index contributed by atoms with van der Waals surface area (Å²) >= 11 is 9.17. The highest BCUT2D eigenvalue weighted by atomic mass is 35.5. The number of thiophene rings is 2. The SMILES string of the molecule is O=S1(=O)C=CC(NC(c2cccs2)c2ccc(Cl)s2)C1. The Labute approximate surface area is 130 Å². The quantitative estimate of drug-likeness (QED) is 0.923. The van der Waals surface area contributed by atoms with E-state index >= 15 is 0 Å². The van der Waals surface area contributed by atoms with Crippen molar-refractivity contribution in [2.24, 2.45) is 0 Å². The maximum Gasteiger partial charge on any atom is 0.173 e. The van der Waals surface area contributed by atoms with E-state index in [1.165, 1.54) is 16.7 Å². The van der Waals surface area contributed by atoms with Crippen LogP contribution in [0.15, 0.2) is 41.1 Å². The first kappa shape index (κ1) is 14.3. The zero-order valence-corrected chi connectivity index (χ0v) is 13.5. The minimum Gasteiger partial charge on any atom is -0.298 e. The van der Waals surface area contributed by atoms with E-state index in [1.807, 2.05) is 29.6 Å². The fraction of sp³-hybridized carbons (Fsp3) is 0.231. The Morgan fingerprint density at radius 3 is 2.70 bits per heavy atom. The normalized spacial score (nSPS) is 22.1. The molecule has 3 rings (SSSR count). The van der Waals surface area contributed by atoms with E-state index in [9.17, 15) is 8.42 Å². The fourth-order valence-corrected chi connectivity index (χ4v) is 5.40. The summed E-state index contributed by atoms with van der Waals surface area (Å²) in [5.41, 5.74) is 0. The van der Waals surface area contributed by atoms with Gasteiger partial charge < -0.3 is 0 Å². The van der Waals surface area contributed by atoms with E-state index in [1.54, 1.807) is 17.4 Å². The molecule has 0 bridgehead atoms. The number of nitrogens with one attached hydrogen (secondary N) is 1. The van der Waals surface area contributed by atoms with Crippen molar-refractivity contribution in [1.82, 2.24) is 5.32 Å². The van der Waals surface area contributed by atoms with Gasteiger partial charge in [0, 0.05) is 21.2 Å². The fourth-order valence-electron chi connectivity index (χ4n) is 2.14. The third kappa shape index (κ3) is 3.15. The van der Waals surface area contributed by atoms with Crippen LogP contribution >= 0.6 is 34.3 Å². The standard InChI is InChI=1S/C13H12ClNO2S3/c14-12-4-3-11(19-12)13(10-2-1-6-18-10)15-9-5-7-20(16,17)8-9/h1-7,9,13,15H,8H2. The molecular weight excluding hydrogens is 334 g/mol. The van der Waals surface area contributed by atoms with E-state index < -0.39 is 9.84 Å². The second kappa shape index (κ2) is 5.61. The molecule has 0 aliphatic carbocycles. The van der Waals surface area contributed by atoms with Crippen molar-refractivity contribution < 1.29 is 8.42 Å². The predicted octanol–water partition coefficient (Wildman–Crippen LogP) is 3.45. The summed E-state index contributed by atoms with van der Waals surface area (Å²) in [6.07, 6.45) is 1.71. The van der Waals surface area contributed by atoms with Crippen molar-refractivity contribution in [3.8, 4) is 0 Å². The molecule has 1 aliphatic heterocycles. The summed E-state index contributed by atoms with van der Waals surface area (Å²) < 4.78 is 23.7. The van der Waals surface area contributed by atoms with Crippen molar-refractivity contribution in [2.45, 2.75) is 12.1 Å². The summed E-state index contributed by atoms with van der Waals surface area (Å²) in [5.74, 6) is 0.119. The molecule has 0 fully saturated rings. The lowest BCUT2D eigenvalue weighted by atomic mass is 10.1. The molecule has 1 N–H and O–H groups in total. The van der Waals surface area contributed by atoms with Gasteiger partial charge in [-0.3, -0.25) is 5.32 Å². The number of hydrogen-bond donors (Lipinski definition) is 1. The van der Waals surface area contributed by atoms with E-state index in [0.29, 0.717) is 0 Å². The van der Waals surface area contributed by atoms with Gasteiger partial charge in [-0.05, 0) is 23.6 Å². The van der Waals surface area contributed by atoms with Gasteiger partial charge in [-0.1, -0.05) is 23.7 Å². The van der Waals surface area contributed by atoms with Gasteiger partial charge in [-0.25, -0.2) is 8.42 Å². The summed E-state index contributed by atoms with van der Waals surface area (Å²) in [5, 5.41) is 6.70. The van der Waals surface area contributed by atoms with E-state index in [0.717, 1.165) is 14.1 Å². The van der Waals surface area contributed by atoms with Gasteiger partial charge in [0.15, 0.2) is 9.84 Å². The van der Waals surface area contributed by atoms with Crippen molar-refractivity contribution in [1.29, 1.82) is 0 Å². The number of rotatable bonds is 4. The minimum absolute atomic E-state index is 0.0181. The molecule has 0 amide bonds. The van der Waals surface area contributed by atoms with Gasteiger partial charge in [-0.15, -0.1) is 22.7 Å². The van der Waals surface area contributed by atoms with Crippen molar-refractivity contribution >= 4 is 44.1 Å². The Hall–Kier alpha value is -0.660. The second-order valence-corrected chi connectivity index (χ2v) is 9.18. The predicted molar refractivity (Wildman–Crippen MR) is 85.3 cm³/mol. The maximum absolute atomic E-state index is 11.5. The third-order valence-electron chi connectivity index (χ3n) is 3.02. The maximum atomic E-state index is 11.5. The Morgan fingerprint density at radius 2 is 2.15 bits per heavy atom. The molecule has 2 atom stereocenters. The minimum atomic E-state index is -3.05. The lowest BCUT2D eigenvalue weighted by Gasteiger charge is -2.19. The first-order valence-electron chi connectivity index (χ1n) is 5.99. The third-order valence-corrected chi connectivity index (χ3v) is 6.65. The molecule has 1 aliphatic rings. The summed E-state index contributed by atoms with van der Waals surface area (Å²) in [6.45, 7) is 0. The molecule has 0 saturated carbocycles. The van der Waals surface area contributed by atoms with Crippen molar-refractivity contribution in [3.63, 3.8) is 0 Å². The van der Waals surface area contributed by atoms with Crippen LogP contribution < -0.4 is 5.32 Å². The molecule has 7 heteroatoms.